The first-order chi connectivity index (χ1) is 35.2. The number of rotatable bonds is 18. The van der Waals surface area contributed by atoms with Crippen molar-refractivity contribution in [3.8, 4) is 0 Å². The second-order valence-corrected chi connectivity index (χ2v) is 25.9. The molecule has 8 N–H and O–H groups in total. The van der Waals surface area contributed by atoms with Gasteiger partial charge in [-0.25, -0.2) is 0 Å². The van der Waals surface area contributed by atoms with Crippen LogP contribution in [0, 0.1) is 82.9 Å². The van der Waals surface area contributed by atoms with E-state index in [1.165, 1.54) is 127 Å². The van der Waals surface area contributed by atoms with Gasteiger partial charge < -0.3 is 27.5 Å². The largest absolute Gasteiger partial charge is 0.367 e. The number of hydrogen-bond acceptors (Lipinski definition) is 4. The van der Waals surface area contributed by atoms with E-state index >= 15 is 0 Å². The van der Waals surface area contributed by atoms with E-state index in [4.69, 9.17) is 17.2 Å². The van der Waals surface area contributed by atoms with Crippen molar-refractivity contribution in [2.45, 2.75) is 181 Å². The van der Waals surface area contributed by atoms with Crippen LogP contribution >= 0.6 is 0 Å². The lowest BCUT2D eigenvalue weighted by Crippen LogP contribution is -2.49. The maximum Gasteiger partial charge on any atom is 0.0107 e. The van der Waals surface area contributed by atoms with E-state index in [0.29, 0.717) is 41.4 Å². The summed E-state index contributed by atoms with van der Waals surface area (Å²) in [5.41, 5.74) is 32.1. The molecule has 1 saturated heterocycles. The first-order valence-electron chi connectivity index (χ1n) is 30.5. The highest BCUT2D eigenvalue weighted by atomic mass is 15.0. The Morgan fingerprint density at radius 1 is 0.681 bits per heavy atom. The highest BCUT2D eigenvalue weighted by Crippen LogP contribution is 2.51. The molecule has 392 valence electrons. The molecule has 5 heteroatoms. The minimum absolute atomic E-state index is 0.191. The lowest BCUT2D eigenvalue weighted by Gasteiger charge is -2.45. The molecule has 2 heterocycles. The van der Waals surface area contributed by atoms with Gasteiger partial charge in [0.05, 0.1) is 0 Å². The number of H-pyrrole nitrogens is 1. The summed E-state index contributed by atoms with van der Waals surface area (Å²) in [5.74, 6) is 9.61. The van der Waals surface area contributed by atoms with Gasteiger partial charge in [0.1, 0.15) is 0 Å². The van der Waals surface area contributed by atoms with Crippen molar-refractivity contribution in [3.63, 3.8) is 0 Å². The smallest absolute Gasteiger partial charge is 0.0107 e. The maximum absolute atomic E-state index is 7.48. The van der Waals surface area contributed by atoms with Gasteiger partial charge in [0.15, 0.2) is 0 Å². The Labute approximate surface area is 438 Å². The predicted octanol–water partition coefficient (Wildman–Crippen LogP) is 15.1. The van der Waals surface area contributed by atoms with E-state index in [1.807, 2.05) is 0 Å². The van der Waals surface area contributed by atoms with Crippen LogP contribution in [0.1, 0.15) is 174 Å². The number of aromatic nitrogens is 1. The molecule has 1 aromatic rings. The van der Waals surface area contributed by atoms with E-state index < -0.39 is 0 Å². The summed E-state index contributed by atoms with van der Waals surface area (Å²) in [6.07, 6.45) is 62.3. The van der Waals surface area contributed by atoms with Crippen molar-refractivity contribution >= 4 is 5.57 Å². The molecule has 0 bridgehead atoms. The van der Waals surface area contributed by atoms with Gasteiger partial charge in [-0.15, -0.1) is 0 Å². The zero-order valence-corrected chi connectivity index (χ0v) is 45.4. The van der Waals surface area contributed by atoms with Crippen LogP contribution in [-0.2, 0) is 0 Å². The lowest BCUT2D eigenvalue weighted by molar-refractivity contribution is 0.103. The lowest BCUT2D eigenvalue weighted by atomic mass is 9.61. The fraction of sp³-hybridized carbons (Fsp3) is 0.672. The van der Waals surface area contributed by atoms with Gasteiger partial charge in [0.25, 0.3) is 0 Å². The molecule has 0 amide bonds. The molecule has 2 saturated carbocycles. The summed E-state index contributed by atoms with van der Waals surface area (Å²) in [6, 6.07) is 3.21. The molecule has 10 rings (SSSR count). The quantitative estimate of drug-likeness (QED) is 0.0945. The average Bonchev–Trinajstić information content (AvgIpc) is 3.96. The highest BCUT2D eigenvalue weighted by molar-refractivity contribution is 5.76. The van der Waals surface area contributed by atoms with Crippen LogP contribution in [0.5, 0.6) is 0 Å². The van der Waals surface area contributed by atoms with Gasteiger partial charge in [0, 0.05) is 30.4 Å². The summed E-state index contributed by atoms with van der Waals surface area (Å²) in [5, 5.41) is 3.83. The Balaban J connectivity index is 0.830. The average molecular weight is 975 g/mol. The van der Waals surface area contributed by atoms with Crippen molar-refractivity contribution in [3.05, 3.63) is 124 Å². The van der Waals surface area contributed by atoms with Crippen molar-refractivity contribution in [1.82, 2.24) is 10.3 Å². The van der Waals surface area contributed by atoms with E-state index in [-0.39, 0.29) is 6.04 Å². The Hall–Kier alpha value is -3.22. The second kappa shape index (κ2) is 24.6. The standard InChI is InChI=1S/C67H99N5/c1-44(22-26-68)47-10-4-14-51(31-47)60-37-62(41-65(40-60)56-19-9-21-58(36-56)67-25-29-72-67)53-16-6-12-49(33-53)46(3)30-66(70)57-20-8-18-55(35-57)64-39-61(52-15-5-11-48(32-52)45(2)23-27-69)38-63(42-64)54-17-7-13-50(34-54)59-24-28-71-43-59/h5-6,11-13,16,24,28,34-35,37-39,43-49,51-52,56-58,60,64-67,71-72H,4,7-10,14-15,17-23,25-27,29-33,36,40-42,68-70H2,1-3H3/t44?,45?,46-,47?,48-,49?,51?,52?,56?,57?,58?,60-,64?,65-,66?,67?/m0/s1. The summed E-state index contributed by atoms with van der Waals surface area (Å²) >= 11 is 0. The minimum atomic E-state index is 0.191. The third-order valence-corrected chi connectivity index (χ3v) is 21.3. The molecule has 0 radical (unpaired) electrons. The SMILES string of the molecule is CC(CCN)C1CCCC([C@H]2C=C(C3=CC=CC([C@@H](C)CC(N)C4C=C(C5C=C(C6CC=C[C@H](C(C)CCN)C6)C=C(C6=CC(c7cc[nH]c7)=CCC6)C5)CCC4)C3)C[C@@H](C3CCCC(C4CCN4)C3)C2)C1. The van der Waals surface area contributed by atoms with Crippen molar-refractivity contribution in [2.75, 3.05) is 19.6 Å². The molecule has 1 aliphatic heterocycles. The molecule has 12 unspecified atom stereocenters. The van der Waals surface area contributed by atoms with Gasteiger partial charge in [-0.3, -0.25) is 0 Å². The fourth-order valence-corrected chi connectivity index (χ4v) is 16.5. The molecule has 5 nitrogen and oxygen atoms in total. The zero-order valence-electron chi connectivity index (χ0n) is 45.4. The van der Waals surface area contributed by atoms with Gasteiger partial charge in [0.2, 0.25) is 0 Å². The normalized spacial score (nSPS) is 36.1. The van der Waals surface area contributed by atoms with E-state index in [1.54, 1.807) is 33.4 Å². The molecule has 3 fully saturated rings. The summed E-state index contributed by atoms with van der Waals surface area (Å²) < 4.78 is 0. The van der Waals surface area contributed by atoms with Gasteiger partial charge in [-0.05, 0) is 264 Å². The number of aromatic amines is 1. The first kappa shape index (κ1) is 52.2. The van der Waals surface area contributed by atoms with Crippen molar-refractivity contribution in [2.24, 2.45) is 100 Å². The summed E-state index contributed by atoms with van der Waals surface area (Å²) in [6.45, 7) is 10.3. The van der Waals surface area contributed by atoms with Crippen LogP contribution in [0.2, 0.25) is 0 Å². The molecule has 9 aliphatic rings. The zero-order chi connectivity index (χ0) is 49.6. The van der Waals surface area contributed by atoms with Crippen LogP contribution in [0.15, 0.2) is 119 Å². The number of allylic oxidation sites excluding steroid dienone is 17. The molecule has 8 aliphatic carbocycles. The number of nitrogens with two attached hydrogens (primary N) is 3. The fourth-order valence-electron chi connectivity index (χ4n) is 16.5. The Morgan fingerprint density at radius 3 is 2.33 bits per heavy atom. The third-order valence-electron chi connectivity index (χ3n) is 21.3. The Morgan fingerprint density at radius 2 is 1.51 bits per heavy atom. The minimum Gasteiger partial charge on any atom is -0.367 e. The second-order valence-electron chi connectivity index (χ2n) is 25.9. The molecular formula is C67H99N5. The van der Waals surface area contributed by atoms with E-state index in [2.05, 4.69) is 116 Å². The van der Waals surface area contributed by atoms with Crippen LogP contribution in [-0.4, -0.2) is 36.7 Å². The number of nitrogens with one attached hydrogen (secondary N) is 2. The van der Waals surface area contributed by atoms with Crippen LogP contribution in [0.3, 0.4) is 0 Å². The molecular weight excluding hydrogens is 875 g/mol. The molecule has 16 atom stereocenters. The summed E-state index contributed by atoms with van der Waals surface area (Å²) in [7, 11) is 0. The molecule has 0 spiro atoms. The molecule has 1 aromatic heterocycles. The van der Waals surface area contributed by atoms with Gasteiger partial charge >= 0.3 is 0 Å². The van der Waals surface area contributed by atoms with Crippen LogP contribution in [0.25, 0.3) is 5.57 Å². The third kappa shape index (κ3) is 12.5. The predicted molar refractivity (Wildman–Crippen MR) is 305 cm³/mol. The summed E-state index contributed by atoms with van der Waals surface area (Å²) in [4.78, 5) is 3.30. The van der Waals surface area contributed by atoms with Crippen molar-refractivity contribution < 1.29 is 0 Å². The van der Waals surface area contributed by atoms with Crippen LogP contribution in [0.4, 0.5) is 0 Å². The number of hydrogen-bond donors (Lipinski definition) is 5. The molecule has 0 aromatic carbocycles. The van der Waals surface area contributed by atoms with Gasteiger partial charge in [-0.2, -0.15) is 0 Å². The first-order valence-corrected chi connectivity index (χ1v) is 30.5. The van der Waals surface area contributed by atoms with Crippen LogP contribution < -0.4 is 22.5 Å². The van der Waals surface area contributed by atoms with E-state index in [9.17, 15) is 0 Å². The van der Waals surface area contributed by atoms with E-state index in [0.717, 1.165) is 99.1 Å². The maximum atomic E-state index is 7.48. The topological polar surface area (TPSA) is 106 Å². The molecule has 72 heavy (non-hydrogen) atoms. The monoisotopic (exact) mass is 974 g/mol. The van der Waals surface area contributed by atoms with Gasteiger partial charge in [-0.1, -0.05) is 119 Å². The highest BCUT2D eigenvalue weighted by Gasteiger charge is 2.40. The Kier molecular flexibility index (Phi) is 17.9. The Bertz CT molecular complexity index is 2240. The van der Waals surface area contributed by atoms with Crippen molar-refractivity contribution in [1.29, 1.82) is 0 Å².